The van der Waals surface area contributed by atoms with E-state index in [9.17, 15) is 4.79 Å². The molecule has 1 atom stereocenters. The lowest BCUT2D eigenvalue weighted by molar-refractivity contribution is 0.174. The van der Waals surface area contributed by atoms with Gasteiger partial charge in [0.2, 0.25) is 6.79 Å². The van der Waals surface area contributed by atoms with Gasteiger partial charge < -0.3 is 25.1 Å². The first kappa shape index (κ1) is 17.2. The molecule has 2 amide bonds. The number of amides is 2. The predicted molar refractivity (Wildman–Crippen MR) is 102 cm³/mol. The SMILES string of the molecule is CC(C)C(NC(=O)NCc1ccc2c(c1)OCO2)c1nc2ccccc2[nH]1. The van der Waals surface area contributed by atoms with Crippen LogP contribution in [0.15, 0.2) is 42.5 Å². The van der Waals surface area contributed by atoms with Crippen molar-refractivity contribution in [3.63, 3.8) is 0 Å². The van der Waals surface area contributed by atoms with E-state index in [0.717, 1.165) is 28.2 Å². The highest BCUT2D eigenvalue weighted by Crippen LogP contribution is 2.32. The molecule has 1 aliphatic rings. The molecule has 4 rings (SSSR count). The van der Waals surface area contributed by atoms with Gasteiger partial charge >= 0.3 is 6.03 Å². The second kappa shape index (κ2) is 7.19. The van der Waals surface area contributed by atoms with Gasteiger partial charge in [0.15, 0.2) is 11.5 Å². The lowest BCUT2D eigenvalue weighted by Gasteiger charge is -2.20. The Balaban J connectivity index is 1.41. The molecule has 0 aliphatic carbocycles. The fourth-order valence-corrected chi connectivity index (χ4v) is 3.10. The van der Waals surface area contributed by atoms with Crippen LogP contribution >= 0.6 is 0 Å². The molecular formula is C20H22N4O3. The average molecular weight is 366 g/mol. The third-order valence-corrected chi connectivity index (χ3v) is 4.55. The maximum Gasteiger partial charge on any atom is 0.315 e. The van der Waals surface area contributed by atoms with Gasteiger partial charge in [-0.1, -0.05) is 32.0 Å². The molecule has 0 bridgehead atoms. The van der Waals surface area contributed by atoms with E-state index in [-0.39, 0.29) is 24.8 Å². The van der Waals surface area contributed by atoms with Gasteiger partial charge in [-0.25, -0.2) is 9.78 Å². The largest absolute Gasteiger partial charge is 0.454 e. The summed E-state index contributed by atoms with van der Waals surface area (Å²) in [5, 5.41) is 5.91. The number of aromatic amines is 1. The van der Waals surface area contributed by atoms with Crippen LogP contribution in [0.3, 0.4) is 0 Å². The van der Waals surface area contributed by atoms with Crippen LogP contribution in [-0.4, -0.2) is 22.8 Å². The summed E-state index contributed by atoms with van der Waals surface area (Å²) < 4.78 is 10.7. The number of H-pyrrole nitrogens is 1. The number of nitrogens with zero attached hydrogens (tertiary/aromatic N) is 1. The zero-order valence-corrected chi connectivity index (χ0v) is 15.3. The molecule has 0 saturated heterocycles. The normalized spacial score (nSPS) is 13.7. The van der Waals surface area contributed by atoms with Crippen LogP contribution < -0.4 is 20.1 Å². The number of para-hydroxylation sites is 2. The number of carbonyl (C=O) groups is 1. The van der Waals surface area contributed by atoms with E-state index in [2.05, 4.69) is 34.4 Å². The lowest BCUT2D eigenvalue weighted by atomic mass is 10.0. The lowest BCUT2D eigenvalue weighted by Crippen LogP contribution is -2.39. The van der Waals surface area contributed by atoms with Gasteiger partial charge in [-0.05, 0) is 35.7 Å². The van der Waals surface area contributed by atoms with Crippen molar-refractivity contribution in [1.29, 1.82) is 0 Å². The summed E-state index contributed by atoms with van der Waals surface area (Å²) >= 11 is 0. The van der Waals surface area contributed by atoms with Crippen LogP contribution in [-0.2, 0) is 6.54 Å². The number of carbonyl (C=O) groups excluding carboxylic acids is 1. The molecule has 140 valence electrons. The molecule has 7 heteroatoms. The van der Waals surface area contributed by atoms with Crippen LogP contribution in [0.25, 0.3) is 11.0 Å². The summed E-state index contributed by atoms with van der Waals surface area (Å²) in [5.74, 6) is 2.37. The molecule has 3 aromatic rings. The van der Waals surface area contributed by atoms with Crippen molar-refractivity contribution >= 4 is 17.1 Å². The van der Waals surface area contributed by atoms with Crippen molar-refractivity contribution in [2.75, 3.05) is 6.79 Å². The Labute approximate surface area is 157 Å². The molecule has 0 spiro atoms. The Bertz CT molecular complexity index is 934. The standard InChI is InChI=1S/C20H22N4O3/c1-12(2)18(19-22-14-5-3-4-6-15(14)23-19)24-20(25)21-10-13-7-8-16-17(9-13)27-11-26-16/h3-9,12,18H,10-11H2,1-2H3,(H,22,23)(H2,21,24,25). The minimum Gasteiger partial charge on any atom is -0.454 e. The summed E-state index contributed by atoms with van der Waals surface area (Å²) in [6, 6.07) is 13.0. The third kappa shape index (κ3) is 3.67. The van der Waals surface area contributed by atoms with Crippen LogP contribution in [0.4, 0.5) is 4.79 Å². The van der Waals surface area contributed by atoms with Crippen molar-refractivity contribution in [1.82, 2.24) is 20.6 Å². The number of fused-ring (bicyclic) bond motifs is 2. The Morgan fingerprint density at radius 2 is 2.00 bits per heavy atom. The third-order valence-electron chi connectivity index (χ3n) is 4.55. The van der Waals surface area contributed by atoms with Gasteiger partial charge in [-0.2, -0.15) is 0 Å². The van der Waals surface area contributed by atoms with Gasteiger partial charge in [0.05, 0.1) is 17.1 Å². The van der Waals surface area contributed by atoms with Gasteiger partial charge in [0, 0.05) is 6.54 Å². The van der Waals surface area contributed by atoms with Crippen LogP contribution in [0.1, 0.15) is 31.3 Å². The molecule has 1 aliphatic heterocycles. The fourth-order valence-electron chi connectivity index (χ4n) is 3.10. The summed E-state index contributed by atoms with van der Waals surface area (Å²) in [6.45, 7) is 4.74. The highest BCUT2D eigenvalue weighted by Gasteiger charge is 2.22. The first-order chi connectivity index (χ1) is 13.1. The Hall–Kier alpha value is -3.22. The minimum absolute atomic E-state index is 0.182. The molecular weight excluding hydrogens is 344 g/mol. The van der Waals surface area contributed by atoms with Crippen molar-refractivity contribution < 1.29 is 14.3 Å². The Morgan fingerprint density at radius 1 is 1.19 bits per heavy atom. The molecule has 2 aromatic carbocycles. The van der Waals surface area contributed by atoms with Crippen molar-refractivity contribution in [2.24, 2.45) is 5.92 Å². The summed E-state index contributed by atoms with van der Waals surface area (Å²) in [7, 11) is 0. The molecule has 1 aromatic heterocycles. The number of nitrogens with one attached hydrogen (secondary N) is 3. The Kier molecular flexibility index (Phi) is 4.58. The van der Waals surface area contributed by atoms with E-state index in [0.29, 0.717) is 12.3 Å². The zero-order valence-electron chi connectivity index (χ0n) is 15.3. The van der Waals surface area contributed by atoms with E-state index in [1.807, 2.05) is 42.5 Å². The topological polar surface area (TPSA) is 88.3 Å². The van der Waals surface area contributed by atoms with Crippen LogP contribution in [0.2, 0.25) is 0 Å². The maximum absolute atomic E-state index is 12.4. The van der Waals surface area contributed by atoms with Crippen molar-refractivity contribution in [3.05, 3.63) is 53.9 Å². The maximum atomic E-state index is 12.4. The first-order valence-electron chi connectivity index (χ1n) is 8.97. The second-order valence-corrected chi connectivity index (χ2v) is 6.88. The summed E-state index contributed by atoms with van der Waals surface area (Å²) in [6.07, 6.45) is 0. The quantitative estimate of drug-likeness (QED) is 0.645. The van der Waals surface area contributed by atoms with Crippen molar-refractivity contribution in [3.8, 4) is 11.5 Å². The van der Waals surface area contributed by atoms with Crippen LogP contribution in [0.5, 0.6) is 11.5 Å². The number of aromatic nitrogens is 2. The predicted octanol–water partition coefficient (Wildman–Crippen LogP) is 3.49. The first-order valence-corrected chi connectivity index (χ1v) is 8.97. The highest BCUT2D eigenvalue weighted by molar-refractivity contribution is 5.76. The van der Waals surface area contributed by atoms with E-state index in [1.165, 1.54) is 0 Å². The van der Waals surface area contributed by atoms with Gasteiger partial charge in [-0.15, -0.1) is 0 Å². The Morgan fingerprint density at radius 3 is 2.81 bits per heavy atom. The van der Waals surface area contributed by atoms with Gasteiger partial charge in [0.1, 0.15) is 5.82 Å². The molecule has 2 heterocycles. The number of rotatable bonds is 5. The number of urea groups is 1. The molecule has 7 nitrogen and oxygen atoms in total. The number of ether oxygens (including phenoxy) is 2. The summed E-state index contributed by atoms with van der Waals surface area (Å²) in [5.41, 5.74) is 2.79. The van der Waals surface area contributed by atoms with E-state index in [1.54, 1.807) is 0 Å². The van der Waals surface area contributed by atoms with E-state index >= 15 is 0 Å². The minimum atomic E-state index is -0.244. The molecule has 27 heavy (non-hydrogen) atoms. The van der Waals surface area contributed by atoms with Gasteiger partial charge in [-0.3, -0.25) is 0 Å². The number of hydrogen-bond donors (Lipinski definition) is 3. The molecule has 1 unspecified atom stereocenters. The molecule has 0 fully saturated rings. The van der Waals surface area contributed by atoms with Crippen LogP contribution in [0, 0.1) is 5.92 Å². The molecule has 0 saturated carbocycles. The average Bonchev–Trinajstić information content (AvgIpc) is 3.29. The molecule has 3 N–H and O–H groups in total. The number of imidazole rings is 1. The number of benzene rings is 2. The second-order valence-electron chi connectivity index (χ2n) is 6.88. The fraction of sp³-hybridized carbons (Fsp3) is 0.300. The highest BCUT2D eigenvalue weighted by atomic mass is 16.7. The summed E-state index contributed by atoms with van der Waals surface area (Å²) in [4.78, 5) is 20.4. The monoisotopic (exact) mass is 366 g/mol. The smallest absolute Gasteiger partial charge is 0.315 e. The zero-order chi connectivity index (χ0) is 18.8. The van der Waals surface area contributed by atoms with Crippen molar-refractivity contribution in [2.45, 2.75) is 26.4 Å². The van der Waals surface area contributed by atoms with E-state index in [4.69, 9.17) is 9.47 Å². The van der Waals surface area contributed by atoms with Gasteiger partial charge in [0.25, 0.3) is 0 Å². The van der Waals surface area contributed by atoms with E-state index < -0.39 is 0 Å². The molecule has 0 radical (unpaired) electrons. The number of hydrogen-bond acceptors (Lipinski definition) is 4.